The summed E-state index contributed by atoms with van der Waals surface area (Å²) in [5.41, 5.74) is 0.578. The summed E-state index contributed by atoms with van der Waals surface area (Å²) in [5, 5.41) is 10.6. The molecule has 0 atom stereocenters. The van der Waals surface area contributed by atoms with Crippen molar-refractivity contribution in [2.24, 2.45) is 0 Å². The van der Waals surface area contributed by atoms with Gasteiger partial charge in [0.1, 0.15) is 11.6 Å². The van der Waals surface area contributed by atoms with Crippen LogP contribution in [-0.2, 0) is 4.79 Å². The van der Waals surface area contributed by atoms with Crippen LogP contribution >= 0.6 is 27.7 Å². The average Bonchev–Trinajstić information content (AvgIpc) is 3.03. The Hall–Kier alpha value is -2.73. The Morgan fingerprint density at radius 1 is 1.24 bits per heavy atom. The van der Waals surface area contributed by atoms with E-state index >= 15 is 0 Å². The number of rotatable bonds is 7. The van der Waals surface area contributed by atoms with E-state index < -0.39 is 18.3 Å². The second kappa shape index (κ2) is 9.18. The minimum Gasteiger partial charge on any atom is -0.435 e. The van der Waals surface area contributed by atoms with Crippen molar-refractivity contribution >= 4 is 39.3 Å². The molecule has 0 aliphatic heterocycles. The van der Waals surface area contributed by atoms with Gasteiger partial charge in [0.2, 0.25) is 11.1 Å². The van der Waals surface area contributed by atoms with E-state index in [1.807, 2.05) is 0 Å². The monoisotopic (exact) mass is 487 g/mol. The summed E-state index contributed by atoms with van der Waals surface area (Å²) >= 11 is 4.15. The molecule has 3 aromatic rings. The molecule has 0 aliphatic carbocycles. The van der Waals surface area contributed by atoms with Crippen LogP contribution in [0.1, 0.15) is 0 Å². The summed E-state index contributed by atoms with van der Waals surface area (Å²) in [6.45, 7) is -2.92. The Bertz CT molecular complexity index is 1020. The lowest BCUT2D eigenvalue weighted by Gasteiger charge is -2.07. The SMILES string of the molecule is Nn1c(SCC(=O)Nc2ccc(Br)cc2F)nnc1-c1ccc(OC(F)F)cc1. The number of anilines is 1. The first-order chi connectivity index (χ1) is 13.8. The molecule has 0 unspecified atom stereocenters. The first-order valence-electron chi connectivity index (χ1n) is 7.97. The van der Waals surface area contributed by atoms with Crippen molar-refractivity contribution in [3.63, 3.8) is 0 Å². The topological polar surface area (TPSA) is 95.1 Å². The number of nitrogens with two attached hydrogens (primary N) is 1. The van der Waals surface area contributed by atoms with E-state index in [1.165, 1.54) is 41.1 Å². The average molecular weight is 488 g/mol. The molecule has 1 aromatic heterocycles. The van der Waals surface area contributed by atoms with Crippen LogP contribution in [0.3, 0.4) is 0 Å². The summed E-state index contributed by atoms with van der Waals surface area (Å²) in [6, 6.07) is 9.99. The molecule has 0 fully saturated rings. The van der Waals surface area contributed by atoms with Gasteiger partial charge in [-0.25, -0.2) is 9.07 Å². The third-order valence-electron chi connectivity index (χ3n) is 3.54. The van der Waals surface area contributed by atoms with Crippen LogP contribution in [0.15, 0.2) is 52.1 Å². The molecular formula is C17H13BrF3N5O2S. The van der Waals surface area contributed by atoms with Gasteiger partial charge in [-0.1, -0.05) is 27.7 Å². The third-order valence-corrected chi connectivity index (χ3v) is 4.98. The second-order valence-electron chi connectivity index (χ2n) is 5.54. The minimum absolute atomic E-state index is 0.00159. The molecule has 0 radical (unpaired) electrons. The molecule has 29 heavy (non-hydrogen) atoms. The zero-order valence-electron chi connectivity index (χ0n) is 14.5. The zero-order chi connectivity index (χ0) is 21.0. The molecule has 152 valence electrons. The number of hydrogen-bond acceptors (Lipinski definition) is 6. The number of hydrogen-bond donors (Lipinski definition) is 2. The van der Waals surface area contributed by atoms with Crippen LogP contribution in [0.4, 0.5) is 18.9 Å². The molecule has 12 heteroatoms. The van der Waals surface area contributed by atoms with Crippen molar-refractivity contribution in [3.8, 4) is 17.1 Å². The number of ether oxygens (including phenoxy) is 1. The molecule has 2 aromatic carbocycles. The van der Waals surface area contributed by atoms with Crippen molar-refractivity contribution in [1.29, 1.82) is 0 Å². The Morgan fingerprint density at radius 2 is 1.97 bits per heavy atom. The van der Waals surface area contributed by atoms with Crippen LogP contribution in [0.5, 0.6) is 5.75 Å². The van der Waals surface area contributed by atoms with E-state index in [2.05, 4.69) is 36.2 Å². The summed E-state index contributed by atoms with van der Waals surface area (Å²) in [5.74, 6) is 5.13. The van der Waals surface area contributed by atoms with E-state index in [4.69, 9.17) is 5.84 Å². The minimum atomic E-state index is -2.92. The smallest absolute Gasteiger partial charge is 0.387 e. The van der Waals surface area contributed by atoms with Gasteiger partial charge in [0.15, 0.2) is 5.82 Å². The molecular weight excluding hydrogens is 475 g/mol. The van der Waals surface area contributed by atoms with Crippen LogP contribution in [-0.4, -0.2) is 33.1 Å². The predicted molar refractivity (Wildman–Crippen MR) is 106 cm³/mol. The van der Waals surface area contributed by atoms with Gasteiger partial charge < -0.3 is 15.9 Å². The summed E-state index contributed by atoms with van der Waals surface area (Å²) in [7, 11) is 0. The highest BCUT2D eigenvalue weighted by atomic mass is 79.9. The van der Waals surface area contributed by atoms with Crippen LogP contribution in [0.25, 0.3) is 11.4 Å². The fourth-order valence-corrected chi connectivity index (χ4v) is 3.25. The van der Waals surface area contributed by atoms with Crippen LogP contribution in [0.2, 0.25) is 0 Å². The lowest BCUT2D eigenvalue weighted by Crippen LogP contribution is -2.17. The highest BCUT2D eigenvalue weighted by Gasteiger charge is 2.15. The molecule has 1 heterocycles. The van der Waals surface area contributed by atoms with Crippen molar-refractivity contribution in [2.45, 2.75) is 11.8 Å². The predicted octanol–water partition coefficient (Wildman–Crippen LogP) is 3.89. The molecule has 0 spiro atoms. The fourth-order valence-electron chi connectivity index (χ4n) is 2.26. The van der Waals surface area contributed by atoms with E-state index in [1.54, 1.807) is 6.07 Å². The summed E-state index contributed by atoms with van der Waals surface area (Å²) < 4.78 is 44.2. The number of thioether (sulfide) groups is 1. The normalized spacial score (nSPS) is 10.9. The molecule has 3 rings (SSSR count). The van der Waals surface area contributed by atoms with Gasteiger partial charge in [0.25, 0.3) is 0 Å². The number of nitrogens with zero attached hydrogens (tertiary/aromatic N) is 3. The Balaban J connectivity index is 1.62. The number of aromatic nitrogens is 3. The van der Waals surface area contributed by atoms with Gasteiger partial charge in [-0.15, -0.1) is 10.2 Å². The quantitative estimate of drug-likeness (QED) is 0.387. The number of alkyl halides is 2. The lowest BCUT2D eigenvalue weighted by atomic mass is 10.2. The van der Waals surface area contributed by atoms with Crippen LogP contribution < -0.4 is 15.9 Å². The maximum absolute atomic E-state index is 13.8. The molecule has 7 nitrogen and oxygen atoms in total. The maximum atomic E-state index is 13.8. The zero-order valence-corrected chi connectivity index (χ0v) is 16.9. The van der Waals surface area contributed by atoms with E-state index in [0.717, 1.165) is 11.8 Å². The van der Waals surface area contributed by atoms with Crippen LogP contribution in [0, 0.1) is 5.82 Å². The van der Waals surface area contributed by atoms with E-state index in [-0.39, 0.29) is 28.2 Å². The standard InChI is InChI=1S/C17H13BrF3N5O2S/c18-10-3-6-13(12(19)7-10)23-14(27)8-29-17-25-24-15(26(17)22)9-1-4-11(5-2-9)28-16(20)21/h1-7,16H,8,22H2,(H,23,27). The van der Waals surface area contributed by atoms with Crippen molar-refractivity contribution in [3.05, 3.63) is 52.8 Å². The first kappa shape index (κ1) is 21.0. The lowest BCUT2D eigenvalue weighted by molar-refractivity contribution is -0.113. The van der Waals surface area contributed by atoms with E-state index in [0.29, 0.717) is 10.0 Å². The number of halogens is 4. The Morgan fingerprint density at radius 3 is 2.62 bits per heavy atom. The first-order valence-corrected chi connectivity index (χ1v) is 9.75. The van der Waals surface area contributed by atoms with Crippen molar-refractivity contribution < 1.29 is 22.7 Å². The van der Waals surface area contributed by atoms with Gasteiger partial charge in [-0.2, -0.15) is 8.78 Å². The highest BCUT2D eigenvalue weighted by molar-refractivity contribution is 9.10. The van der Waals surface area contributed by atoms with E-state index in [9.17, 15) is 18.0 Å². The van der Waals surface area contributed by atoms with Gasteiger partial charge in [0.05, 0.1) is 11.4 Å². The van der Waals surface area contributed by atoms with Gasteiger partial charge >= 0.3 is 6.61 Å². The van der Waals surface area contributed by atoms with Crippen molar-refractivity contribution in [1.82, 2.24) is 14.9 Å². The Labute approximate surface area is 175 Å². The Kier molecular flexibility index (Phi) is 6.64. The van der Waals surface area contributed by atoms with Gasteiger partial charge in [0, 0.05) is 10.0 Å². The van der Waals surface area contributed by atoms with Crippen molar-refractivity contribution in [2.75, 3.05) is 16.9 Å². The fraction of sp³-hybridized carbons (Fsp3) is 0.118. The molecule has 3 N–H and O–H groups in total. The number of nitrogens with one attached hydrogen (secondary N) is 1. The second-order valence-corrected chi connectivity index (χ2v) is 7.40. The maximum Gasteiger partial charge on any atom is 0.387 e. The number of benzene rings is 2. The number of nitrogen functional groups attached to an aromatic ring is 1. The highest BCUT2D eigenvalue weighted by Crippen LogP contribution is 2.25. The molecule has 0 bridgehead atoms. The molecule has 0 saturated heterocycles. The number of carbonyl (C=O) groups excluding carboxylic acids is 1. The molecule has 1 amide bonds. The van der Waals surface area contributed by atoms with Gasteiger partial charge in [-0.3, -0.25) is 4.79 Å². The number of carbonyl (C=O) groups is 1. The molecule has 0 saturated carbocycles. The summed E-state index contributed by atoms with van der Waals surface area (Å²) in [6.07, 6.45) is 0. The number of amides is 1. The largest absolute Gasteiger partial charge is 0.435 e. The third kappa shape index (κ3) is 5.41. The summed E-state index contributed by atoms with van der Waals surface area (Å²) in [4.78, 5) is 12.1. The molecule has 0 aliphatic rings. The van der Waals surface area contributed by atoms with Gasteiger partial charge in [-0.05, 0) is 42.5 Å².